The molecule has 0 aromatic heterocycles. The number of benzene rings is 1. The van der Waals surface area contributed by atoms with E-state index in [1.807, 2.05) is 0 Å². The molecule has 0 bridgehead atoms. The fourth-order valence-corrected chi connectivity index (χ4v) is 2.41. The molecule has 1 saturated carbocycles. The van der Waals surface area contributed by atoms with Crippen molar-refractivity contribution in [3.8, 4) is 0 Å². The molecular weight excluding hydrogens is 281 g/mol. The molecule has 2 rings (SSSR count). The van der Waals surface area contributed by atoms with E-state index >= 15 is 0 Å². The molecule has 0 aliphatic heterocycles. The van der Waals surface area contributed by atoms with Crippen LogP contribution in [0.1, 0.15) is 24.4 Å². The van der Waals surface area contributed by atoms with Crippen LogP contribution in [0.3, 0.4) is 0 Å². The zero-order valence-corrected chi connectivity index (χ0v) is 12.1. The highest BCUT2D eigenvalue weighted by Crippen LogP contribution is 2.37. The van der Waals surface area contributed by atoms with Crippen molar-refractivity contribution in [2.75, 3.05) is 20.6 Å². The Bertz CT molecular complexity index is 485. The molecule has 0 spiro atoms. The second-order valence-corrected chi connectivity index (χ2v) is 5.51. The molecule has 0 unspecified atom stereocenters. The van der Waals surface area contributed by atoms with Gasteiger partial charge in [-0.1, -0.05) is 30.3 Å². The van der Waals surface area contributed by atoms with E-state index in [0.717, 1.165) is 17.7 Å². The predicted octanol–water partition coefficient (Wildman–Crippen LogP) is 2.84. The summed E-state index contributed by atoms with van der Waals surface area (Å²) in [6, 6.07) is 6.11. The number of halogens is 3. The van der Waals surface area contributed by atoms with Gasteiger partial charge in [-0.25, -0.2) is 0 Å². The zero-order chi connectivity index (χ0) is 15.6. The number of amides is 1. The SMILES string of the molecule is CN(C(=O)CN(C)[C@@H](c1ccccc1)C(F)(F)F)C1CC1. The molecule has 0 heterocycles. The molecule has 0 radical (unpaired) electrons. The van der Waals surface area contributed by atoms with E-state index in [4.69, 9.17) is 0 Å². The summed E-state index contributed by atoms with van der Waals surface area (Å²) in [6.07, 6.45) is -2.55. The number of rotatable bonds is 5. The van der Waals surface area contributed by atoms with Crippen molar-refractivity contribution in [1.82, 2.24) is 9.80 Å². The first-order valence-electron chi connectivity index (χ1n) is 6.88. The third-order valence-electron chi connectivity index (χ3n) is 3.74. The lowest BCUT2D eigenvalue weighted by atomic mass is 10.1. The van der Waals surface area contributed by atoms with Gasteiger partial charge in [-0.05, 0) is 25.5 Å². The Morgan fingerprint density at radius 3 is 2.29 bits per heavy atom. The van der Waals surface area contributed by atoms with Crippen molar-refractivity contribution >= 4 is 5.91 Å². The second-order valence-electron chi connectivity index (χ2n) is 5.51. The summed E-state index contributed by atoms with van der Waals surface area (Å²) < 4.78 is 39.9. The summed E-state index contributed by atoms with van der Waals surface area (Å²) in [5.41, 5.74) is 0.148. The molecule has 3 nitrogen and oxygen atoms in total. The van der Waals surface area contributed by atoms with Gasteiger partial charge in [0.1, 0.15) is 6.04 Å². The monoisotopic (exact) mass is 300 g/mol. The van der Waals surface area contributed by atoms with Gasteiger partial charge in [-0.2, -0.15) is 13.2 Å². The molecule has 1 atom stereocenters. The van der Waals surface area contributed by atoms with Crippen molar-refractivity contribution in [2.45, 2.75) is 31.1 Å². The summed E-state index contributed by atoms with van der Waals surface area (Å²) in [6.45, 7) is -0.244. The number of carbonyl (C=O) groups is 1. The van der Waals surface area contributed by atoms with Crippen LogP contribution in [-0.2, 0) is 4.79 Å². The van der Waals surface area contributed by atoms with Crippen molar-refractivity contribution in [3.63, 3.8) is 0 Å². The molecule has 1 aliphatic carbocycles. The number of carbonyl (C=O) groups excluding carboxylic acids is 1. The minimum atomic E-state index is -4.42. The van der Waals surface area contributed by atoms with Crippen LogP contribution in [0.15, 0.2) is 30.3 Å². The third-order valence-corrected chi connectivity index (χ3v) is 3.74. The van der Waals surface area contributed by atoms with Gasteiger partial charge < -0.3 is 4.90 Å². The van der Waals surface area contributed by atoms with E-state index in [1.54, 1.807) is 30.1 Å². The highest BCUT2D eigenvalue weighted by Gasteiger charge is 2.44. The molecule has 116 valence electrons. The van der Waals surface area contributed by atoms with Gasteiger partial charge in [0, 0.05) is 13.1 Å². The van der Waals surface area contributed by atoms with Gasteiger partial charge in [0.25, 0.3) is 0 Å². The van der Waals surface area contributed by atoms with Gasteiger partial charge in [0.2, 0.25) is 5.91 Å². The maximum Gasteiger partial charge on any atom is 0.408 e. The second kappa shape index (κ2) is 6.05. The van der Waals surface area contributed by atoms with Crippen LogP contribution in [0.2, 0.25) is 0 Å². The van der Waals surface area contributed by atoms with E-state index in [-0.39, 0.29) is 24.1 Å². The fourth-order valence-electron chi connectivity index (χ4n) is 2.41. The smallest absolute Gasteiger partial charge is 0.342 e. The highest BCUT2D eigenvalue weighted by atomic mass is 19.4. The summed E-state index contributed by atoms with van der Waals surface area (Å²) in [7, 11) is 2.99. The lowest BCUT2D eigenvalue weighted by Crippen LogP contribution is -2.43. The highest BCUT2D eigenvalue weighted by molar-refractivity contribution is 5.78. The maximum absolute atomic E-state index is 13.3. The predicted molar refractivity (Wildman–Crippen MR) is 73.7 cm³/mol. The fraction of sp³-hybridized carbons (Fsp3) is 0.533. The van der Waals surface area contributed by atoms with Crippen molar-refractivity contribution < 1.29 is 18.0 Å². The zero-order valence-electron chi connectivity index (χ0n) is 12.1. The lowest BCUT2D eigenvalue weighted by molar-refractivity contribution is -0.184. The number of hydrogen-bond acceptors (Lipinski definition) is 2. The molecule has 0 saturated heterocycles. The lowest BCUT2D eigenvalue weighted by Gasteiger charge is -2.31. The van der Waals surface area contributed by atoms with E-state index in [9.17, 15) is 18.0 Å². The van der Waals surface area contributed by atoms with Gasteiger partial charge in [-0.15, -0.1) is 0 Å². The average molecular weight is 300 g/mol. The molecule has 1 fully saturated rings. The standard InChI is InChI=1S/C15H19F3N2O/c1-19(10-13(21)20(2)12-8-9-12)14(15(16,17)18)11-6-4-3-5-7-11/h3-7,12,14H,8-10H2,1-2H3/t14-/m0/s1. The first-order chi connectivity index (χ1) is 9.80. The van der Waals surface area contributed by atoms with Crippen molar-refractivity contribution in [2.24, 2.45) is 0 Å². The molecule has 6 heteroatoms. The molecule has 21 heavy (non-hydrogen) atoms. The first-order valence-corrected chi connectivity index (χ1v) is 6.88. The molecular formula is C15H19F3N2O. The molecule has 1 aromatic rings. The van der Waals surface area contributed by atoms with Gasteiger partial charge >= 0.3 is 6.18 Å². The van der Waals surface area contributed by atoms with E-state index in [1.165, 1.54) is 19.2 Å². The van der Waals surface area contributed by atoms with Crippen molar-refractivity contribution in [1.29, 1.82) is 0 Å². The summed E-state index contributed by atoms with van der Waals surface area (Å²) in [5.74, 6) is -0.273. The normalized spacial score (nSPS) is 16.9. The topological polar surface area (TPSA) is 23.6 Å². The first kappa shape index (κ1) is 15.8. The van der Waals surface area contributed by atoms with E-state index in [0.29, 0.717) is 0 Å². The molecule has 0 N–H and O–H groups in total. The minimum absolute atomic E-state index is 0.148. The van der Waals surface area contributed by atoms with E-state index in [2.05, 4.69) is 0 Å². The average Bonchev–Trinajstić information content (AvgIpc) is 3.21. The Balaban J connectivity index is 2.11. The van der Waals surface area contributed by atoms with E-state index < -0.39 is 12.2 Å². The van der Waals surface area contributed by atoms with Crippen LogP contribution in [-0.4, -0.2) is 48.6 Å². The Labute approximate surface area is 122 Å². The summed E-state index contributed by atoms with van der Waals surface area (Å²) in [5, 5.41) is 0. The third kappa shape index (κ3) is 3.97. The number of likely N-dealkylation sites (N-methyl/N-ethyl adjacent to an activating group) is 2. The Kier molecular flexibility index (Phi) is 4.56. The molecule has 1 aliphatic rings. The van der Waals surface area contributed by atoms with Crippen molar-refractivity contribution in [3.05, 3.63) is 35.9 Å². The Morgan fingerprint density at radius 2 is 1.81 bits per heavy atom. The van der Waals surface area contributed by atoms with Crippen LogP contribution in [0.25, 0.3) is 0 Å². The van der Waals surface area contributed by atoms with Crippen LogP contribution in [0.5, 0.6) is 0 Å². The van der Waals surface area contributed by atoms with Gasteiger partial charge in [0.05, 0.1) is 6.54 Å². The van der Waals surface area contributed by atoms with Gasteiger partial charge in [0.15, 0.2) is 0 Å². The van der Waals surface area contributed by atoms with Gasteiger partial charge in [-0.3, -0.25) is 9.69 Å². The van der Waals surface area contributed by atoms with Crippen LogP contribution in [0.4, 0.5) is 13.2 Å². The molecule has 1 aromatic carbocycles. The summed E-state index contributed by atoms with van der Waals surface area (Å²) in [4.78, 5) is 14.6. The number of nitrogens with zero attached hydrogens (tertiary/aromatic N) is 2. The number of alkyl halides is 3. The van der Waals surface area contributed by atoms with Crippen LogP contribution < -0.4 is 0 Å². The Hall–Kier alpha value is -1.56. The van der Waals surface area contributed by atoms with Crippen LogP contribution in [0, 0.1) is 0 Å². The summed E-state index contributed by atoms with van der Waals surface area (Å²) >= 11 is 0. The van der Waals surface area contributed by atoms with Crippen LogP contribution >= 0.6 is 0 Å². The minimum Gasteiger partial charge on any atom is -0.342 e. The largest absolute Gasteiger partial charge is 0.408 e. The molecule has 1 amide bonds. The maximum atomic E-state index is 13.3. The number of hydrogen-bond donors (Lipinski definition) is 0. The Morgan fingerprint density at radius 1 is 1.24 bits per heavy atom. The quantitative estimate of drug-likeness (QED) is 0.835.